The first-order chi connectivity index (χ1) is 16.6. The second-order valence-corrected chi connectivity index (χ2v) is 8.32. The second-order valence-electron chi connectivity index (χ2n) is 8.32. The summed E-state index contributed by atoms with van der Waals surface area (Å²) in [4.78, 5) is 35.1. The maximum Gasteiger partial charge on any atom is 0.337 e. The third kappa shape index (κ3) is 4.24. The standard InChI is InChI=1S/C27H26N4O3/c1-34-26(33)21-12-13-23-24(18-21)28-27(31(25(23)32)19-20-8-4-2-5-9-20)30-16-14-29(15-17-30)22-10-6-3-7-11-22/h2-13,18H,14-17,19H2,1H3. The van der Waals surface area contributed by atoms with Crippen molar-refractivity contribution in [3.05, 3.63) is 100 Å². The van der Waals surface area contributed by atoms with Gasteiger partial charge in [0.1, 0.15) is 0 Å². The summed E-state index contributed by atoms with van der Waals surface area (Å²) in [5.41, 5.74) is 2.98. The normalized spacial score (nSPS) is 13.8. The van der Waals surface area contributed by atoms with Crippen LogP contribution in [-0.4, -0.2) is 48.8 Å². The predicted octanol–water partition coefficient (Wildman–Crippen LogP) is 3.56. The monoisotopic (exact) mass is 454 g/mol. The van der Waals surface area contributed by atoms with Crippen molar-refractivity contribution in [2.75, 3.05) is 43.1 Å². The molecule has 0 radical (unpaired) electrons. The highest BCUT2D eigenvalue weighted by molar-refractivity contribution is 5.94. The number of fused-ring (bicyclic) bond motifs is 1. The number of carbonyl (C=O) groups is 1. The fraction of sp³-hybridized carbons (Fsp3) is 0.222. The van der Waals surface area contributed by atoms with Crippen molar-refractivity contribution in [3.8, 4) is 0 Å². The van der Waals surface area contributed by atoms with Gasteiger partial charge in [-0.2, -0.15) is 0 Å². The van der Waals surface area contributed by atoms with E-state index in [0.717, 1.165) is 31.7 Å². The molecule has 0 atom stereocenters. The van der Waals surface area contributed by atoms with E-state index in [9.17, 15) is 9.59 Å². The van der Waals surface area contributed by atoms with Crippen molar-refractivity contribution in [2.24, 2.45) is 0 Å². The van der Waals surface area contributed by atoms with Gasteiger partial charge in [-0.3, -0.25) is 9.36 Å². The molecule has 34 heavy (non-hydrogen) atoms. The Bertz CT molecular complexity index is 1360. The number of anilines is 2. The first kappa shape index (κ1) is 21.7. The summed E-state index contributed by atoms with van der Waals surface area (Å²) in [6, 6.07) is 25.2. The Morgan fingerprint density at radius 1 is 0.882 bits per heavy atom. The molecular weight excluding hydrogens is 428 g/mol. The molecule has 1 saturated heterocycles. The van der Waals surface area contributed by atoms with E-state index in [-0.39, 0.29) is 5.56 Å². The Labute approximate surface area is 197 Å². The molecule has 0 spiro atoms. The van der Waals surface area contributed by atoms with E-state index in [2.05, 4.69) is 21.9 Å². The van der Waals surface area contributed by atoms with Crippen molar-refractivity contribution in [3.63, 3.8) is 0 Å². The van der Waals surface area contributed by atoms with Crippen LogP contribution < -0.4 is 15.4 Å². The van der Waals surface area contributed by atoms with E-state index < -0.39 is 5.97 Å². The summed E-state index contributed by atoms with van der Waals surface area (Å²) < 4.78 is 6.60. The number of benzene rings is 3. The molecule has 1 aromatic heterocycles. The molecule has 7 nitrogen and oxygen atoms in total. The maximum absolute atomic E-state index is 13.6. The fourth-order valence-electron chi connectivity index (χ4n) is 4.41. The average molecular weight is 455 g/mol. The van der Waals surface area contributed by atoms with Crippen LogP contribution in [0.15, 0.2) is 83.7 Å². The minimum absolute atomic E-state index is 0.120. The number of carbonyl (C=O) groups excluding carboxylic acids is 1. The van der Waals surface area contributed by atoms with Gasteiger partial charge in [0.2, 0.25) is 5.95 Å². The summed E-state index contributed by atoms with van der Waals surface area (Å²) in [7, 11) is 1.34. The first-order valence-electron chi connectivity index (χ1n) is 11.4. The summed E-state index contributed by atoms with van der Waals surface area (Å²) in [6.07, 6.45) is 0. The van der Waals surface area contributed by atoms with Crippen LogP contribution in [0.1, 0.15) is 15.9 Å². The van der Waals surface area contributed by atoms with Crippen LogP contribution in [0.4, 0.5) is 11.6 Å². The van der Waals surface area contributed by atoms with Gasteiger partial charge >= 0.3 is 5.97 Å². The van der Waals surface area contributed by atoms with Crippen molar-refractivity contribution < 1.29 is 9.53 Å². The van der Waals surface area contributed by atoms with Gasteiger partial charge in [-0.15, -0.1) is 0 Å². The first-order valence-corrected chi connectivity index (χ1v) is 11.4. The molecule has 0 N–H and O–H groups in total. The van der Waals surface area contributed by atoms with E-state index in [1.807, 2.05) is 48.5 Å². The fourth-order valence-corrected chi connectivity index (χ4v) is 4.41. The van der Waals surface area contributed by atoms with E-state index in [1.54, 1.807) is 22.8 Å². The van der Waals surface area contributed by atoms with Crippen LogP contribution in [0.3, 0.4) is 0 Å². The van der Waals surface area contributed by atoms with Crippen LogP contribution in [0.2, 0.25) is 0 Å². The Morgan fingerprint density at radius 2 is 1.53 bits per heavy atom. The van der Waals surface area contributed by atoms with Gasteiger partial charge in [-0.1, -0.05) is 48.5 Å². The van der Waals surface area contributed by atoms with Crippen molar-refractivity contribution in [1.82, 2.24) is 9.55 Å². The quantitative estimate of drug-likeness (QED) is 0.430. The van der Waals surface area contributed by atoms with Gasteiger partial charge in [0.25, 0.3) is 5.56 Å². The number of rotatable bonds is 5. The van der Waals surface area contributed by atoms with Gasteiger partial charge in [0, 0.05) is 31.9 Å². The van der Waals surface area contributed by atoms with E-state index in [4.69, 9.17) is 9.72 Å². The molecule has 4 aromatic rings. The van der Waals surface area contributed by atoms with Gasteiger partial charge in [-0.05, 0) is 35.9 Å². The van der Waals surface area contributed by atoms with Crippen LogP contribution in [-0.2, 0) is 11.3 Å². The van der Waals surface area contributed by atoms with Crippen molar-refractivity contribution in [1.29, 1.82) is 0 Å². The minimum Gasteiger partial charge on any atom is -0.465 e. The smallest absolute Gasteiger partial charge is 0.337 e. The lowest BCUT2D eigenvalue weighted by atomic mass is 10.1. The largest absolute Gasteiger partial charge is 0.465 e. The SMILES string of the molecule is COC(=O)c1ccc2c(=O)n(Cc3ccccc3)c(N3CCN(c4ccccc4)CC3)nc2c1. The molecule has 172 valence electrons. The van der Waals surface area contributed by atoms with Crippen LogP contribution in [0.5, 0.6) is 0 Å². The molecule has 2 heterocycles. The van der Waals surface area contributed by atoms with Gasteiger partial charge in [-0.25, -0.2) is 9.78 Å². The highest BCUT2D eigenvalue weighted by atomic mass is 16.5. The lowest BCUT2D eigenvalue weighted by Gasteiger charge is -2.37. The molecule has 7 heteroatoms. The Kier molecular flexibility index (Phi) is 5.99. The summed E-state index contributed by atoms with van der Waals surface area (Å²) >= 11 is 0. The minimum atomic E-state index is -0.449. The van der Waals surface area contributed by atoms with Gasteiger partial charge < -0.3 is 14.5 Å². The predicted molar refractivity (Wildman–Crippen MR) is 134 cm³/mol. The number of para-hydroxylation sites is 1. The lowest BCUT2D eigenvalue weighted by Crippen LogP contribution is -2.48. The number of aromatic nitrogens is 2. The maximum atomic E-state index is 13.6. The lowest BCUT2D eigenvalue weighted by molar-refractivity contribution is 0.0601. The average Bonchev–Trinajstić information content (AvgIpc) is 2.90. The summed E-state index contributed by atoms with van der Waals surface area (Å²) in [6.45, 7) is 3.54. The number of ether oxygens (including phenoxy) is 1. The van der Waals surface area contributed by atoms with Gasteiger partial charge in [0.05, 0.1) is 30.1 Å². The van der Waals surface area contributed by atoms with Gasteiger partial charge in [0.15, 0.2) is 0 Å². The topological polar surface area (TPSA) is 67.7 Å². The summed E-state index contributed by atoms with van der Waals surface area (Å²) in [5, 5.41) is 0.482. The number of hydrogen-bond acceptors (Lipinski definition) is 6. The van der Waals surface area contributed by atoms with Crippen LogP contribution >= 0.6 is 0 Å². The zero-order valence-corrected chi connectivity index (χ0v) is 19.1. The molecule has 1 aliphatic rings. The number of piperazine rings is 1. The molecule has 0 amide bonds. The van der Waals surface area contributed by atoms with E-state index in [1.165, 1.54) is 12.8 Å². The Hall–Kier alpha value is -4.13. The van der Waals surface area contributed by atoms with E-state index >= 15 is 0 Å². The van der Waals surface area contributed by atoms with Crippen LogP contribution in [0, 0.1) is 0 Å². The molecule has 1 fully saturated rings. The van der Waals surface area contributed by atoms with Crippen molar-refractivity contribution in [2.45, 2.75) is 6.54 Å². The Morgan fingerprint density at radius 3 is 2.21 bits per heavy atom. The molecule has 0 bridgehead atoms. The molecule has 5 rings (SSSR count). The molecular formula is C27H26N4O3. The molecule has 0 unspecified atom stereocenters. The number of esters is 1. The highest BCUT2D eigenvalue weighted by Gasteiger charge is 2.23. The zero-order valence-electron chi connectivity index (χ0n) is 19.1. The summed E-state index contributed by atoms with van der Waals surface area (Å²) in [5.74, 6) is 0.172. The molecule has 0 aliphatic carbocycles. The third-order valence-electron chi connectivity index (χ3n) is 6.22. The third-order valence-corrected chi connectivity index (χ3v) is 6.22. The van der Waals surface area contributed by atoms with Crippen LogP contribution in [0.25, 0.3) is 10.9 Å². The Balaban J connectivity index is 1.54. The number of hydrogen-bond donors (Lipinski definition) is 0. The van der Waals surface area contributed by atoms with E-state index in [0.29, 0.717) is 29.0 Å². The molecule has 1 aliphatic heterocycles. The highest BCUT2D eigenvalue weighted by Crippen LogP contribution is 2.22. The molecule has 0 saturated carbocycles. The second kappa shape index (κ2) is 9.39. The number of methoxy groups -OCH3 is 1. The zero-order chi connectivity index (χ0) is 23.5. The number of nitrogens with zero attached hydrogens (tertiary/aromatic N) is 4. The molecule has 3 aromatic carbocycles. The van der Waals surface area contributed by atoms with Crippen molar-refractivity contribution >= 4 is 28.5 Å².